The minimum absolute atomic E-state index is 0.0215. The zero-order valence-corrected chi connectivity index (χ0v) is 13.4. The van der Waals surface area contributed by atoms with Gasteiger partial charge in [0.1, 0.15) is 12.4 Å². The number of benzene rings is 2. The minimum Gasteiger partial charge on any atom is -0.492 e. The highest BCUT2D eigenvalue weighted by molar-refractivity contribution is 7.89. The van der Waals surface area contributed by atoms with E-state index in [2.05, 4.69) is 4.72 Å². The van der Waals surface area contributed by atoms with E-state index in [-0.39, 0.29) is 23.7 Å². The van der Waals surface area contributed by atoms with Gasteiger partial charge in [-0.2, -0.15) is 0 Å². The Hall–Kier alpha value is -2.16. The minimum atomic E-state index is -3.83. The van der Waals surface area contributed by atoms with Crippen LogP contribution < -0.4 is 9.46 Å². The normalized spacial score (nSPS) is 11.2. The fourth-order valence-electron chi connectivity index (χ4n) is 1.72. The van der Waals surface area contributed by atoms with Crippen molar-refractivity contribution in [2.45, 2.75) is 4.90 Å². The number of nitro groups is 1. The molecular formula is C14H13ClN2O5S. The first-order valence-electron chi connectivity index (χ1n) is 6.51. The Morgan fingerprint density at radius 3 is 2.52 bits per heavy atom. The Kier molecular flexibility index (Phi) is 5.54. The number of rotatable bonds is 7. The van der Waals surface area contributed by atoms with Gasteiger partial charge in [0.2, 0.25) is 10.0 Å². The van der Waals surface area contributed by atoms with E-state index < -0.39 is 14.9 Å². The van der Waals surface area contributed by atoms with Gasteiger partial charge in [-0.05, 0) is 30.3 Å². The van der Waals surface area contributed by atoms with Crippen molar-refractivity contribution >= 4 is 27.3 Å². The summed E-state index contributed by atoms with van der Waals surface area (Å²) in [5.74, 6) is 0.559. The van der Waals surface area contributed by atoms with Gasteiger partial charge in [-0.15, -0.1) is 0 Å². The lowest BCUT2D eigenvalue weighted by molar-refractivity contribution is -0.385. The topological polar surface area (TPSA) is 98.5 Å². The molecule has 0 aliphatic heterocycles. The number of ether oxygens (including phenoxy) is 1. The third-order valence-corrected chi connectivity index (χ3v) is 4.53. The van der Waals surface area contributed by atoms with Gasteiger partial charge in [0, 0.05) is 23.7 Å². The molecule has 2 rings (SSSR count). The Bertz CT molecular complexity index is 793. The largest absolute Gasteiger partial charge is 0.492 e. The van der Waals surface area contributed by atoms with Crippen molar-refractivity contribution in [1.29, 1.82) is 0 Å². The molecule has 0 saturated carbocycles. The first kappa shape index (κ1) is 17.2. The number of nitrogens with one attached hydrogen (secondary N) is 1. The van der Waals surface area contributed by atoms with E-state index in [1.54, 1.807) is 24.3 Å². The molecule has 0 aliphatic rings. The van der Waals surface area contributed by atoms with Crippen LogP contribution in [-0.2, 0) is 10.0 Å². The van der Waals surface area contributed by atoms with Gasteiger partial charge >= 0.3 is 0 Å². The summed E-state index contributed by atoms with van der Waals surface area (Å²) >= 11 is 5.74. The summed E-state index contributed by atoms with van der Waals surface area (Å²) in [7, 11) is -3.83. The van der Waals surface area contributed by atoms with Crippen LogP contribution in [0.25, 0.3) is 0 Å². The number of hydrogen-bond donors (Lipinski definition) is 1. The Balaban J connectivity index is 1.92. The van der Waals surface area contributed by atoms with Crippen LogP contribution >= 0.6 is 11.6 Å². The van der Waals surface area contributed by atoms with Crippen LogP contribution in [0.3, 0.4) is 0 Å². The molecule has 7 nitrogen and oxygen atoms in total. The number of non-ortho nitro benzene ring substituents is 1. The molecule has 0 spiro atoms. The molecule has 0 radical (unpaired) electrons. The molecule has 122 valence electrons. The Morgan fingerprint density at radius 1 is 1.17 bits per heavy atom. The van der Waals surface area contributed by atoms with E-state index in [4.69, 9.17) is 16.3 Å². The van der Waals surface area contributed by atoms with Gasteiger partial charge in [0.05, 0.1) is 9.82 Å². The number of halogens is 1. The lowest BCUT2D eigenvalue weighted by Gasteiger charge is -2.08. The fourth-order valence-corrected chi connectivity index (χ4v) is 2.90. The van der Waals surface area contributed by atoms with Gasteiger partial charge in [-0.25, -0.2) is 13.1 Å². The van der Waals surface area contributed by atoms with Crippen LogP contribution in [0.15, 0.2) is 53.4 Å². The van der Waals surface area contributed by atoms with Crippen LogP contribution in [0, 0.1) is 10.1 Å². The van der Waals surface area contributed by atoms with E-state index in [0.717, 1.165) is 6.07 Å². The maximum atomic E-state index is 12.1. The number of nitrogens with zero attached hydrogens (tertiary/aromatic N) is 1. The molecule has 0 fully saturated rings. The van der Waals surface area contributed by atoms with Crippen molar-refractivity contribution < 1.29 is 18.1 Å². The predicted molar refractivity (Wildman–Crippen MR) is 85.2 cm³/mol. The predicted octanol–water partition coefficient (Wildman–Crippen LogP) is 2.61. The zero-order chi connectivity index (χ0) is 16.9. The molecule has 0 unspecified atom stereocenters. The van der Waals surface area contributed by atoms with Gasteiger partial charge in [0.15, 0.2) is 0 Å². The number of sulfonamides is 1. The summed E-state index contributed by atoms with van der Waals surface area (Å²) in [5.41, 5.74) is -0.287. The number of nitro benzene ring substituents is 1. The monoisotopic (exact) mass is 356 g/mol. The lowest BCUT2D eigenvalue weighted by Crippen LogP contribution is -2.28. The highest BCUT2D eigenvalue weighted by atomic mass is 35.5. The number of hydrogen-bond acceptors (Lipinski definition) is 5. The molecule has 0 bridgehead atoms. The van der Waals surface area contributed by atoms with Gasteiger partial charge in [0.25, 0.3) is 5.69 Å². The van der Waals surface area contributed by atoms with Gasteiger partial charge in [-0.3, -0.25) is 10.1 Å². The van der Waals surface area contributed by atoms with Crippen LogP contribution in [0.5, 0.6) is 5.75 Å². The standard InChI is InChI=1S/C14H13ClN2O5S/c15-11-4-6-13(7-5-11)22-9-8-16-23(20,21)14-3-1-2-12(10-14)17(18)19/h1-7,10,16H,8-9H2. The van der Waals surface area contributed by atoms with E-state index in [0.29, 0.717) is 10.8 Å². The SMILES string of the molecule is O=[N+]([O-])c1cccc(S(=O)(=O)NCCOc2ccc(Cl)cc2)c1. The fraction of sp³-hybridized carbons (Fsp3) is 0.143. The first-order valence-corrected chi connectivity index (χ1v) is 8.37. The van der Waals surface area contributed by atoms with Crippen molar-refractivity contribution in [2.75, 3.05) is 13.2 Å². The molecule has 2 aromatic carbocycles. The maximum absolute atomic E-state index is 12.1. The quantitative estimate of drug-likeness (QED) is 0.467. The average Bonchev–Trinajstić information content (AvgIpc) is 2.53. The van der Waals surface area contributed by atoms with Crippen LogP contribution in [0.2, 0.25) is 5.02 Å². The second kappa shape index (κ2) is 7.40. The van der Waals surface area contributed by atoms with Crippen LogP contribution in [0.4, 0.5) is 5.69 Å². The molecule has 1 N–H and O–H groups in total. The molecule has 9 heteroatoms. The molecule has 0 amide bonds. The molecule has 2 aromatic rings. The zero-order valence-electron chi connectivity index (χ0n) is 11.8. The lowest BCUT2D eigenvalue weighted by atomic mass is 10.3. The molecule has 0 saturated heterocycles. The summed E-state index contributed by atoms with van der Waals surface area (Å²) in [6.07, 6.45) is 0. The highest BCUT2D eigenvalue weighted by Gasteiger charge is 2.17. The second-order valence-electron chi connectivity index (χ2n) is 4.45. The molecule has 0 atom stereocenters. The third-order valence-electron chi connectivity index (χ3n) is 2.82. The first-order chi connectivity index (χ1) is 10.9. The summed E-state index contributed by atoms with van der Waals surface area (Å²) in [4.78, 5) is 9.86. The molecule has 0 heterocycles. The Morgan fingerprint density at radius 2 is 1.87 bits per heavy atom. The summed E-state index contributed by atoms with van der Waals surface area (Å²) < 4.78 is 31.8. The van der Waals surface area contributed by atoms with Crippen molar-refractivity contribution in [1.82, 2.24) is 4.72 Å². The molecule has 23 heavy (non-hydrogen) atoms. The van der Waals surface area contributed by atoms with Crippen LogP contribution in [0.1, 0.15) is 0 Å². The second-order valence-corrected chi connectivity index (χ2v) is 6.66. The molecule has 0 aromatic heterocycles. The summed E-state index contributed by atoms with van der Waals surface area (Å²) in [5, 5.41) is 11.3. The highest BCUT2D eigenvalue weighted by Crippen LogP contribution is 2.17. The smallest absolute Gasteiger partial charge is 0.270 e. The van der Waals surface area contributed by atoms with Crippen molar-refractivity contribution in [3.05, 3.63) is 63.7 Å². The maximum Gasteiger partial charge on any atom is 0.270 e. The van der Waals surface area contributed by atoms with Crippen LogP contribution in [-0.4, -0.2) is 26.5 Å². The average molecular weight is 357 g/mol. The van der Waals surface area contributed by atoms with Crippen molar-refractivity contribution in [3.63, 3.8) is 0 Å². The van der Waals surface area contributed by atoms with Gasteiger partial charge < -0.3 is 4.74 Å². The summed E-state index contributed by atoms with van der Waals surface area (Å²) in [6.45, 7) is 0.128. The third kappa shape index (κ3) is 4.92. The van der Waals surface area contributed by atoms with E-state index in [1.807, 2.05) is 0 Å². The Labute approximate surface area is 138 Å². The van der Waals surface area contributed by atoms with Gasteiger partial charge in [-0.1, -0.05) is 17.7 Å². The van der Waals surface area contributed by atoms with E-state index >= 15 is 0 Å². The van der Waals surface area contributed by atoms with E-state index in [1.165, 1.54) is 18.2 Å². The summed E-state index contributed by atoms with van der Waals surface area (Å²) in [6, 6.07) is 11.5. The molecular weight excluding hydrogens is 344 g/mol. The van der Waals surface area contributed by atoms with Crippen molar-refractivity contribution in [2.24, 2.45) is 0 Å². The van der Waals surface area contributed by atoms with E-state index in [9.17, 15) is 18.5 Å². The van der Waals surface area contributed by atoms with Crippen molar-refractivity contribution in [3.8, 4) is 5.75 Å². The molecule has 0 aliphatic carbocycles.